The van der Waals surface area contributed by atoms with Gasteiger partial charge < -0.3 is 14.2 Å². The molecule has 4 heterocycles. The lowest BCUT2D eigenvalue weighted by Crippen LogP contribution is -2.61. The third kappa shape index (κ3) is 3.60. The molecule has 3 nitrogen and oxygen atoms in total. The van der Waals surface area contributed by atoms with E-state index < -0.39 is 0 Å². The molecule has 2 aromatic heterocycles. The minimum absolute atomic E-state index is 0.0683. The number of benzene rings is 8. The molecule has 52 heavy (non-hydrogen) atoms. The Morgan fingerprint density at radius 2 is 0.904 bits per heavy atom. The third-order valence-electron chi connectivity index (χ3n) is 11.5. The van der Waals surface area contributed by atoms with Gasteiger partial charge in [-0.05, 0) is 88.7 Å². The molecular weight excluding hydrogens is 629 g/mol. The molecule has 0 unspecified atom stereocenters. The van der Waals surface area contributed by atoms with Crippen LogP contribution in [0.25, 0.3) is 49.2 Å². The van der Waals surface area contributed by atoms with Gasteiger partial charge >= 0.3 is 0 Å². The van der Waals surface area contributed by atoms with Crippen molar-refractivity contribution in [3.8, 4) is 11.1 Å². The molecule has 0 N–H and O–H groups in total. The highest BCUT2D eigenvalue weighted by Gasteiger charge is 2.43. The highest BCUT2D eigenvalue weighted by molar-refractivity contribution is 7.00. The van der Waals surface area contributed by atoms with E-state index in [1.54, 1.807) is 0 Å². The molecule has 0 spiro atoms. The minimum atomic E-state index is 0.0683. The van der Waals surface area contributed by atoms with Gasteiger partial charge in [-0.1, -0.05) is 115 Å². The van der Waals surface area contributed by atoms with Gasteiger partial charge in [0.15, 0.2) is 0 Å². The summed E-state index contributed by atoms with van der Waals surface area (Å²) >= 11 is 0. The SMILES string of the molecule is c1ccc(N2c3ccccc3B3c4cccc(-c5cc6c7ccccc7n7c8ccccc8c(c5)c67)c4N(c4ccccc4)c4cccc2c43)cc1. The molecular formula is C48H30BN3. The van der Waals surface area contributed by atoms with Gasteiger partial charge in [-0.2, -0.15) is 0 Å². The fraction of sp³-hybridized carbons (Fsp3) is 0. The second-order valence-electron chi connectivity index (χ2n) is 14.1. The Balaban J connectivity index is 1.19. The molecule has 8 aromatic carbocycles. The van der Waals surface area contributed by atoms with E-state index in [9.17, 15) is 0 Å². The summed E-state index contributed by atoms with van der Waals surface area (Å²) in [5.74, 6) is 0. The van der Waals surface area contributed by atoms with Crippen molar-refractivity contribution in [3.05, 3.63) is 182 Å². The summed E-state index contributed by atoms with van der Waals surface area (Å²) in [4.78, 5) is 4.98. The van der Waals surface area contributed by atoms with Gasteiger partial charge in [0.05, 0.1) is 16.6 Å². The summed E-state index contributed by atoms with van der Waals surface area (Å²) in [6, 6.07) is 67.2. The van der Waals surface area contributed by atoms with E-state index in [1.165, 1.54) is 94.0 Å². The van der Waals surface area contributed by atoms with Gasteiger partial charge in [0.2, 0.25) is 0 Å². The van der Waals surface area contributed by atoms with Crippen molar-refractivity contribution in [1.82, 2.24) is 4.40 Å². The number of nitrogens with zero attached hydrogens (tertiary/aromatic N) is 3. The standard InChI is InChI=1S/C48H30BN3/c1-3-15-32(16-4-1)50-43-26-12-9-22-39(43)49-40-23-13-21-34(48(40)51(33-17-5-2-6-18-33)45-28-14-27-44(50)46(45)49)31-29-37-35-19-7-10-24-41(35)52-42-25-11-8-20-36(42)38(30-31)47(37)52/h1-30H. The van der Waals surface area contributed by atoms with Crippen LogP contribution in [0.5, 0.6) is 0 Å². The Bertz CT molecular complexity index is 2960. The summed E-state index contributed by atoms with van der Waals surface area (Å²) in [6.07, 6.45) is 0. The lowest BCUT2D eigenvalue weighted by molar-refractivity contribution is 1.25. The predicted octanol–water partition coefficient (Wildman–Crippen LogP) is 10.6. The first-order valence-electron chi connectivity index (χ1n) is 18.1. The Hall–Kier alpha value is -6.78. The maximum absolute atomic E-state index is 2.53. The molecule has 0 bridgehead atoms. The molecule has 4 heteroatoms. The normalized spacial score (nSPS) is 13.3. The monoisotopic (exact) mass is 659 g/mol. The minimum Gasteiger partial charge on any atom is -0.311 e. The molecule has 0 fully saturated rings. The number of para-hydroxylation sites is 6. The topological polar surface area (TPSA) is 10.9 Å². The molecule has 2 aliphatic heterocycles. The van der Waals surface area contributed by atoms with E-state index in [0.717, 1.165) is 5.69 Å². The van der Waals surface area contributed by atoms with E-state index in [2.05, 4.69) is 196 Å². The van der Waals surface area contributed by atoms with Gasteiger partial charge in [0.1, 0.15) is 0 Å². The molecule has 0 saturated carbocycles. The van der Waals surface area contributed by atoms with Crippen molar-refractivity contribution in [1.29, 1.82) is 0 Å². The quantitative estimate of drug-likeness (QED) is 0.175. The summed E-state index contributed by atoms with van der Waals surface area (Å²) < 4.78 is 2.46. The first kappa shape index (κ1) is 28.0. The molecule has 0 amide bonds. The number of hydrogen-bond donors (Lipinski definition) is 0. The third-order valence-corrected chi connectivity index (χ3v) is 11.5. The number of fused-ring (bicyclic) bond motifs is 10. The van der Waals surface area contributed by atoms with Crippen LogP contribution in [0, 0.1) is 0 Å². The molecule has 0 saturated heterocycles. The summed E-state index contributed by atoms with van der Waals surface area (Å²) in [6.45, 7) is 0.0683. The lowest BCUT2D eigenvalue weighted by atomic mass is 9.33. The number of anilines is 6. The number of aromatic nitrogens is 1. The van der Waals surface area contributed by atoms with E-state index in [0.29, 0.717) is 0 Å². The van der Waals surface area contributed by atoms with Crippen LogP contribution in [0.3, 0.4) is 0 Å². The van der Waals surface area contributed by atoms with E-state index in [1.807, 2.05) is 0 Å². The summed E-state index contributed by atoms with van der Waals surface area (Å²) in [5.41, 5.74) is 17.5. The van der Waals surface area contributed by atoms with E-state index in [4.69, 9.17) is 0 Å². The van der Waals surface area contributed by atoms with Crippen LogP contribution in [-0.4, -0.2) is 11.1 Å². The molecule has 12 rings (SSSR count). The fourth-order valence-corrected chi connectivity index (χ4v) is 9.47. The lowest BCUT2D eigenvalue weighted by Gasteiger charge is -2.44. The van der Waals surface area contributed by atoms with Crippen LogP contribution >= 0.6 is 0 Å². The second kappa shape index (κ2) is 10.4. The molecule has 0 radical (unpaired) electrons. The zero-order valence-corrected chi connectivity index (χ0v) is 28.2. The predicted molar refractivity (Wildman–Crippen MR) is 221 cm³/mol. The van der Waals surface area contributed by atoms with Crippen molar-refractivity contribution in [3.63, 3.8) is 0 Å². The Morgan fingerprint density at radius 3 is 1.60 bits per heavy atom. The van der Waals surface area contributed by atoms with Gasteiger partial charge in [-0.3, -0.25) is 0 Å². The smallest absolute Gasteiger partial charge is 0.252 e. The molecule has 10 aromatic rings. The number of hydrogen-bond acceptors (Lipinski definition) is 2. The Labute approximate surface area is 301 Å². The summed E-state index contributed by atoms with van der Waals surface area (Å²) in [7, 11) is 0. The summed E-state index contributed by atoms with van der Waals surface area (Å²) in [5, 5.41) is 5.17. The van der Waals surface area contributed by atoms with Crippen LogP contribution in [-0.2, 0) is 0 Å². The largest absolute Gasteiger partial charge is 0.311 e. The maximum Gasteiger partial charge on any atom is 0.252 e. The average Bonchev–Trinajstić information content (AvgIpc) is 3.73. The fourth-order valence-electron chi connectivity index (χ4n) is 9.47. The van der Waals surface area contributed by atoms with Crippen LogP contribution in [0.1, 0.15) is 0 Å². The highest BCUT2D eigenvalue weighted by atomic mass is 15.2. The van der Waals surface area contributed by atoms with Crippen molar-refractivity contribution >= 4 is 95.3 Å². The Kier molecular flexibility index (Phi) is 5.58. The van der Waals surface area contributed by atoms with E-state index >= 15 is 0 Å². The van der Waals surface area contributed by atoms with Crippen LogP contribution in [0.4, 0.5) is 34.1 Å². The second-order valence-corrected chi connectivity index (χ2v) is 14.1. The van der Waals surface area contributed by atoms with Gasteiger partial charge in [-0.25, -0.2) is 0 Å². The van der Waals surface area contributed by atoms with Crippen molar-refractivity contribution < 1.29 is 0 Å². The molecule has 2 aliphatic rings. The van der Waals surface area contributed by atoms with E-state index in [-0.39, 0.29) is 6.71 Å². The number of rotatable bonds is 3. The van der Waals surface area contributed by atoms with Gasteiger partial charge in [-0.15, -0.1) is 0 Å². The van der Waals surface area contributed by atoms with Gasteiger partial charge in [0, 0.05) is 61.2 Å². The molecule has 240 valence electrons. The van der Waals surface area contributed by atoms with Crippen LogP contribution < -0.4 is 26.2 Å². The zero-order valence-electron chi connectivity index (χ0n) is 28.2. The molecule has 0 atom stereocenters. The highest BCUT2D eigenvalue weighted by Crippen LogP contribution is 2.48. The first-order chi connectivity index (χ1) is 25.8. The van der Waals surface area contributed by atoms with Gasteiger partial charge in [0.25, 0.3) is 6.71 Å². The Morgan fingerprint density at radius 1 is 0.385 bits per heavy atom. The average molecular weight is 660 g/mol. The first-order valence-corrected chi connectivity index (χ1v) is 18.1. The van der Waals surface area contributed by atoms with Crippen LogP contribution in [0.15, 0.2) is 182 Å². The zero-order chi connectivity index (χ0) is 33.9. The van der Waals surface area contributed by atoms with Crippen LogP contribution in [0.2, 0.25) is 0 Å². The molecule has 0 aliphatic carbocycles. The maximum atomic E-state index is 2.53. The van der Waals surface area contributed by atoms with Crippen molar-refractivity contribution in [2.24, 2.45) is 0 Å². The van der Waals surface area contributed by atoms with Crippen molar-refractivity contribution in [2.45, 2.75) is 0 Å². The van der Waals surface area contributed by atoms with Crippen molar-refractivity contribution in [2.75, 3.05) is 9.80 Å².